The second kappa shape index (κ2) is 6.88. The predicted octanol–water partition coefficient (Wildman–Crippen LogP) is 2.24. The number of furan rings is 1. The Morgan fingerprint density at radius 3 is 1.96 bits per heavy atom. The first-order valence-corrected chi connectivity index (χ1v) is 7.89. The highest BCUT2D eigenvalue weighted by atomic mass is 16.5. The van der Waals surface area contributed by atoms with Crippen molar-refractivity contribution in [2.75, 3.05) is 27.3 Å². The summed E-state index contributed by atoms with van der Waals surface area (Å²) in [6, 6.07) is 6.57. The molecule has 0 radical (unpaired) electrons. The van der Waals surface area contributed by atoms with Crippen LogP contribution in [-0.4, -0.2) is 49.2 Å². The highest BCUT2D eigenvalue weighted by molar-refractivity contribution is 5.93. The summed E-state index contributed by atoms with van der Waals surface area (Å²) in [6.45, 7) is 1.04. The van der Waals surface area contributed by atoms with Crippen molar-refractivity contribution < 1.29 is 28.6 Å². The number of fused-ring (bicyclic) bond motifs is 1. The molecule has 1 aromatic heterocycles. The number of rotatable bonds is 4. The lowest BCUT2D eigenvalue weighted by Crippen LogP contribution is -2.33. The van der Waals surface area contributed by atoms with Crippen molar-refractivity contribution in [2.24, 2.45) is 0 Å². The van der Waals surface area contributed by atoms with E-state index in [0.717, 1.165) is 11.1 Å². The summed E-state index contributed by atoms with van der Waals surface area (Å²) in [5.41, 5.74) is 2.22. The maximum atomic E-state index is 12.6. The van der Waals surface area contributed by atoms with Gasteiger partial charge in [-0.3, -0.25) is 4.79 Å². The third kappa shape index (κ3) is 3.31. The smallest absolute Gasteiger partial charge is 0.371 e. The second-order valence-electron chi connectivity index (χ2n) is 5.74. The van der Waals surface area contributed by atoms with E-state index in [-0.39, 0.29) is 17.4 Å². The average Bonchev–Trinajstić information content (AvgIpc) is 3.02. The Morgan fingerprint density at radius 2 is 1.52 bits per heavy atom. The van der Waals surface area contributed by atoms with Gasteiger partial charge in [-0.1, -0.05) is 0 Å². The minimum atomic E-state index is -1.19. The third-order valence-corrected chi connectivity index (χ3v) is 4.32. The van der Waals surface area contributed by atoms with E-state index in [9.17, 15) is 9.59 Å². The van der Waals surface area contributed by atoms with Gasteiger partial charge in [-0.15, -0.1) is 0 Å². The number of hydrogen-bond acceptors (Lipinski definition) is 5. The normalized spacial score (nSPS) is 13.8. The lowest BCUT2D eigenvalue weighted by molar-refractivity contribution is 0.0650. The Morgan fingerprint density at radius 1 is 1.00 bits per heavy atom. The zero-order valence-electron chi connectivity index (χ0n) is 14.1. The van der Waals surface area contributed by atoms with Crippen LogP contribution in [0.2, 0.25) is 0 Å². The molecule has 7 nitrogen and oxygen atoms in total. The number of carbonyl (C=O) groups excluding carboxylic acids is 1. The van der Waals surface area contributed by atoms with Gasteiger partial charge < -0.3 is 23.9 Å². The van der Waals surface area contributed by atoms with Gasteiger partial charge in [-0.2, -0.15) is 0 Å². The van der Waals surface area contributed by atoms with Crippen LogP contribution in [0, 0.1) is 0 Å². The largest absolute Gasteiger partial charge is 0.493 e. The average molecular weight is 345 g/mol. The van der Waals surface area contributed by atoms with Gasteiger partial charge in [-0.05, 0) is 48.2 Å². The van der Waals surface area contributed by atoms with Gasteiger partial charge in [0.05, 0.1) is 14.2 Å². The third-order valence-electron chi connectivity index (χ3n) is 4.32. The SMILES string of the molecule is COc1cc2c(cc1OC)CCN(C(=O)c1ccc(C(=O)O)o1)CC2. The maximum absolute atomic E-state index is 12.6. The van der Waals surface area contributed by atoms with E-state index in [1.54, 1.807) is 19.1 Å². The Balaban J connectivity index is 1.79. The number of amides is 1. The fourth-order valence-electron chi connectivity index (χ4n) is 2.98. The van der Waals surface area contributed by atoms with Gasteiger partial charge in [0.15, 0.2) is 17.3 Å². The standard InChI is InChI=1S/C18H19NO6/c1-23-15-9-11-5-7-19(8-6-12(11)10-16(15)24-2)17(20)13-3-4-14(25-13)18(21)22/h3-4,9-10H,5-8H2,1-2H3,(H,21,22). The molecule has 0 saturated heterocycles. The number of carboxylic acid groups (broad SMARTS) is 1. The second-order valence-corrected chi connectivity index (χ2v) is 5.74. The number of nitrogens with zero attached hydrogens (tertiary/aromatic N) is 1. The van der Waals surface area contributed by atoms with Gasteiger partial charge in [0.25, 0.3) is 5.91 Å². The number of carboxylic acids is 1. The van der Waals surface area contributed by atoms with Gasteiger partial charge >= 0.3 is 5.97 Å². The molecule has 0 spiro atoms. The Kier molecular flexibility index (Phi) is 4.65. The van der Waals surface area contributed by atoms with E-state index < -0.39 is 5.97 Å². The van der Waals surface area contributed by atoms with Crippen LogP contribution in [-0.2, 0) is 12.8 Å². The molecule has 0 saturated carbocycles. The molecule has 2 aromatic rings. The number of benzene rings is 1. The molecule has 0 aliphatic carbocycles. The molecule has 2 heterocycles. The van der Waals surface area contributed by atoms with Crippen LogP contribution < -0.4 is 9.47 Å². The summed E-state index contributed by atoms with van der Waals surface area (Å²) in [6.07, 6.45) is 1.35. The first kappa shape index (κ1) is 16.9. The van der Waals surface area contributed by atoms with E-state index in [0.29, 0.717) is 37.4 Å². The number of ether oxygens (including phenoxy) is 2. The number of carbonyl (C=O) groups is 2. The van der Waals surface area contributed by atoms with E-state index in [1.807, 2.05) is 12.1 Å². The molecule has 3 rings (SSSR count). The Bertz CT molecular complexity index is 775. The molecule has 1 aliphatic heterocycles. The summed E-state index contributed by atoms with van der Waals surface area (Å²) >= 11 is 0. The van der Waals surface area contributed by atoms with Crippen LogP contribution in [0.5, 0.6) is 11.5 Å². The van der Waals surface area contributed by atoms with E-state index >= 15 is 0 Å². The summed E-state index contributed by atoms with van der Waals surface area (Å²) in [5, 5.41) is 8.91. The monoisotopic (exact) mass is 345 g/mol. The minimum absolute atomic E-state index is 0.0403. The van der Waals surface area contributed by atoms with E-state index in [4.69, 9.17) is 19.0 Å². The maximum Gasteiger partial charge on any atom is 0.371 e. The van der Waals surface area contributed by atoms with Crippen LogP contribution in [0.1, 0.15) is 32.2 Å². The van der Waals surface area contributed by atoms with Gasteiger partial charge in [0.2, 0.25) is 5.76 Å². The molecule has 132 valence electrons. The zero-order valence-corrected chi connectivity index (χ0v) is 14.1. The summed E-state index contributed by atoms with van der Waals surface area (Å²) in [5.74, 6) is -0.369. The van der Waals surface area contributed by atoms with Gasteiger partial charge in [-0.25, -0.2) is 4.79 Å². The van der Waals surface area contributed by atoms with Crippen molar-refractivity contribution in [3.8, 4) is 11.5 Å². The molecule has 0 atom stereocenters. The summed E-state index contributed by atoms with van der Waals surface area (Å²) < 4.78 is 15.8. The lowest BCUT2D eigenvalue weighted by Gasteiger charge is -2.18. The van der Waals surface area contributed by atoms with Crippen molar-refractivity contribution in [2.45, 2.75) is 12.8 Å². The Labute approximate surface area is 144 Å². The number of aromatic carboxylic acids is 1. The molecule has 1 amide bonds. The van der Waals surface area contributed by atoms with Crippen molar-refractivity contribution in [1.82, 2.24) is 4.90 Å². The van der Waals surface area contributed by atoms with Crippen LogP contribution in [0.4, 0.5) is 0 Å². The van der Waals surface area contributed by atoms with Crippen LogP contribution in [0.15, 0.2) is 28.7 Å². The lowest BCUT2D eigenvalue weighted by atomic mass is 10.0. The molecule has 7 heteroatoms. The fourth-order valence-corrected chi connectivity index (χ4v) is 2.98. The summed E-state index contributed by atoms with van der Waals surface area (Å²) in [7, 11) is 3.18. The molecular formula is C18H19NO6. The first-order valence-electron chi connectivity index (χ1n) is 7.89. The molecule has 0 bridgehead atoms. The van der Waals surface area contributed by atoms with Crippen molar-refractivity contribution in [3.63, 3.8) is 0 Å². The molecule has 1 aliphatic rings. The van der Waals surface area contributed by atoms with E-state index in [2.05, 4.69) is 0 Å². The van der Waals surface area contributed by atoms with Gasteiger partial charge in [0, 0.05) is 13.1 Å². The first-order chi connectivity index (χ1) is 12.0. The minimum Gasteiger partial charge on any atom is -0.493 e. The number of methoxy groups -OCH3 is 2. The van der Waals surface area contributed by atoms with Crippen LogP contribution >= 0.6 is 0 Å². The highest BCUT2D eigenvalue weighted by Gasteiger charge is 2.24. The van der Waals surface area contributed by atoms with Gasteiger partial charge in [0.1, 0.15) is 0 Å². The number of hydrogen-bond donors (Lipinski definition) is 1. The van der Waals surface area contributed by atoms with Crippen LogP contribution in [0.3, 0.4) is 0 Å². The van der Waals surface area contributed by atoms with E-state index in [1.165, 1.54) is 12.1 Å². The topological polar surface area (TPSA) is 89.2 Å². The highest BCUT2D eigenvalue weighted by Crippen LogP contribution is 2.32. The van der Waals surface area contributed by atoms with Crippen molar-refractivity contribution in [3.05, 3.63) is 46.9 Å². The molecule has 25 heavy (non-hydrogen) atoms. The van der Waals surface area contributed by atoms with Crippen molar-refractivity contribution >= 4 is 11.9 Å². The molecule has 1 aromatic carbocycles. The summed E-state index contributed by atoms with van der Waals surface area (Å²) in [4.78, 5) is 25.1. The molecule has 0 fully saturated rings. The van der Waals surface area contributed by atoms with Crippen molar-refractivity contribution in [1.29, 1.82) is 0 Å². The molecule has 1 N–H and O–H groups in total. The Hall–Kier alpha value is -2.96. The quantitative estimate of drug-likeness (QED) is 0.914. The van der Waals surface area contributed by atoms with Crippen LogP contribution in [0.25, 0.3) is 0 Å². The fraction of sp³-hybridized carbons (Fsp3) is 0.333. The molecular weight excluding hydrogens is 326 g/mol. The zero-order chi connectivity index (χ0) is 18.0. The predicted molar refractivity (Wildman–Crippen MR) is 88.5 cm³/mol. The molecule has 0 unspecified atom stereocenters.